The summed E-state index contributed by atoms with van der Waals surface area (Å²) in [6.45, 7) is 2.85. The minimum absolute atomic E-state index is 0.240. The molecule has 0 unspecified atom stereocenters. The summed E-state index contributed by atoms with van der Waals surface area (Å²) in [7, 11) is 0. The molecule has 1 aliphatic rings. The molecule has 0 saturated carbocycles. The first kappa shape index (κ1) is 14.6. The van der Waals surface area contributed by atoms with Crippen LogP contribution >= 0.6 is 11.6 Å². The number of benzene rings is 1. The van der Waals surface area contributed by atoms with Crippen LogP contribution < -0.4 is 5.32 Å². The molecule has 0 bridgehead atoms. The fourth-order valence-electron chi connectivity index (χ4n) is 2.43. The Kier molecular flexibility index (Phi) is 5.07. The highest BCUT2D eigenvalue weighted by atomic mass is 35.5. The number of rotatable bonds is 4. The van der Waals surface area contributed by atoms with Crippen LogP contribution in [0.25, 0.3) is 0 Å². The number of piperazine rings is 1. The fraction of sp³-hybridized carbons (Fsp3) is 0.538. The zero-order chi connectivity index (χ0) is 13.8. The maximum Gasteiger partial charge on any atom is 0.240 e. The first-order valence-corrected chi connectivity index (χ1v) is 6.63. The Balaban J connectivity index is 2.24. The Bertz CT molecular complexity index is 402. The Morgan fingerprint density at radius 2 is 1.89 bits per heavy atom. The van der Waals surface area contributed by atoms with E-state index in [-0.39, 0.29) is 11.4 Å². The maximum atomic E-state index is 13.4. The van der Waals surface area contributed by atoms with Gasteiger partial charge in [-0.3, -0.25) is 4.90 Å². The lowest BCUT2D eigenvalue weighted by Gasteiger charge is -2.35. The SMILES string of the molecule is Fc1cc(Cl)cc([C@@H](CC(F)F)N2CCNCC2)c1. The number of hydrogen-bond acceptors (Lipinski definition) is 2. The van der Waals surface area contributed by atoms with E-state index in [9.17, 15) is 13.2 Å². The summed E-state index contributed by atoms with van der Waals surface area (Å²) < 4.78 is 38.9. The van der Waals surface area contributed by atoms with Crippen LogP contribution in [0.3, 0.4) is 0 Å². The first-order valence-electron chi connectivity index (χ1n) is 6.25. The van der Waals surface area contributed by atoms with Gasteiger partial charge in [0.2, 0.25) is 6.43 Å². The molecule has 1 aromatic rings. The van der Waals surface area contributed by atoms with Crippen LogP contribution in [0.5, 0.6) is 0 Å². The second kappa shape index (κ2) is 6.59. The van der Waals surface area contributed by atoms with E-state index in [4.69, 9.17) is 11.6 Å². The van der Waals surface area contributed by atoms with Gasteiger partial charge in [-0.1, -0.05) is 11.6 Å². The lowest BCUT2D eigenvalue weighted by atomic mass is 10.0. The van der Waals surface area contributed by atoms with Gasteiger partial charge in [0.1, 0.15) is 5.82 Å². The molecular weight excluding hydrogens is 277 g/mol. The number of halogens is 4. The van der Waals surface area contributed by atoms with Crippen molar-refractivity contribution in [2.45, 2.75) is 18.9 Å². The zero-order valence-corrected chi connectivity index (χ0v) is 11.1. The summed E-state index contributed by atoms with van der Waals surface area (Å²) in [5, 5.41) is 3.41. The zero-order valence-electron chi connectivity index (χ0n) is 10.4. The normalized spacial score (nSPS) is 18.8. The molecule has 1 N–H and O–H groups in total. The Morgan fingerprint density at radius 1 is 1.21 bits per heavy atom. The highest BCUT2D eigenvalue weighted by molar-refractivity contribution is 6.30. The molecular formula is C13H16ClF3N2. The second-order valence-corrected chi connectivity index (χ2v) is 5.07. The molecule has 1 heterocycles. The predicted molar refractivity (Wildman–Crippen MR) is 69.2 cm³/mol. The smallest absolute Gasteiger partial charge is 0.240 e. The van der Waals surface area contributed by atoms with Crippen LogP contribution in [0.15, 0.2) is 18.2 Å². The van der Waals surface area contributed by atoms with Crippen LogP contribution in [0.1, 0.15) is 18.0 Å². The van der Waals surface area contributed by atoms with E-state index in [0.29, 0.717) is 18.7 Å². The van der Waals surface area contributed by atoms with E-state index in [1.165, 1.54) is 12.1 Å². The van der Waals surface area contributed by atoms with E-state index in [2.05, 4.69) is 5.32 Å². The largest absolute Gasteiger partial charge is 0.314 e. The van der Waals surface area contributed by atoms with Gasteiger partial charge in [-0.15, -0.1) is 0 Å². The molecule has 0 radical (unpaired) electrons. The Labute approximate surface area is 115 Å². The molecule has 1 aromatic carbocycles. The van der Waals surface area contributed by atoms with E-state index < -0.39 is 18.3 Å². The van der Waals surface area contributed by atoms with Crippen molar-refractivity contribution >= 4 is 11.6 Å². The van der Waals surface area contributed by atoms with Crippen molar-refractivity contribution in [2.75, 3.05) is 26.2 Å². The molecule has 0 spiro atoms. The number of hydrogen-bond donors (Lipinski definition) is 1. The molecule has 1 aliphatic heterocycles. The summed E-state index contributed by atoms with van der Waals surface area (Å²) in [5.74, 6) is -0.489. The minimum Gasteiger partial charge on any atom is -0.314 e. The molecule has 0 aliphatic carbocycles. The summed E-state index contributed by atoms with van der Waals surface area (Å²) in [6.07, 6.45) is -2.73. The van der Waals surface area contributed by atoms with Crippen LogP contribution in [0, 0.1) is 5.82 Å². The highest BCUT2D eigenvalue weighted by Crippen LogP contribution is 2.30. The number of alkyl halides is 2. The topological polar surface area (TPSA) is 15.3 Å². The molecule has 1 fully saturated rings. The molecule has 1 atom stereocenters. The van der Waals surface area contributed by atoms with Gasteiger partial charge < -0.3 is 5.32 Å². The van der Waals surface area contributed by atoms with E-state index in [1.807, 2.05) is 4.90 Å². The van der Waals surface area contributed by atoms with Crippen LogP contribution in [-0.2, 0) is 0 Å². The third kappa shape index (κ3) is 4.09. The van der Waals surface area contributed by atoms with Crippen molar-refractivity contribution < 1.29 is 13.2 Å². The monoisotopic (exact) mass is 292 g/mol. The average molecular weight is 293 g/mol. The predicted octanol–water partition coefficient (Wildman–Crippen LogP) is 3.08. The average Bonchev–Trinajstić information content (AvgIpc) is 2.35. The van der Waals surface area contributed by atoms with Crippen molar-refractivity contribution in [3.63, 3.8) is 0 Å². The molecule has 0 amide bonds. The third-order valence-electron chi connectivity index (χ3n) is 3.26. The molecule has 2 nitrogen and oxygen atoms in total. The van der Waals surface area contributed by atoms with Gasteiger partial charge in [0.05, 0.1) is 0 Å². The van der Waals surface area contributed by atoms with Gasteiger partial charge in [-0.25, -0.2) is 13.2 Å². The lowest BCUT2D eigenvalue weighted by molar-refractivity contribution is 0.0738. The standard InChI is InChI=1S/C13H16ClF3N2/c14-10-5-9(6-11(15)7-10)12(8-13(16)17)19-3-1-18-2-4-19/h5-7,12-13,18H,1-4,8H2/t12-/m1/s1. The van der Waals surface area contributed by atoms with Crippen molar-refractivity contribution in [2.24, 2.45) is 0 Å². The van der Waals surface area contributed by atoms with Crippen molar-refractivity contribution in [3.05, 3.63) is 34.6 Å². The van der Waals surface area contributed by atoms with Gasteiger partial charge in [0, 0.05) is 43.7 Å². The lowest BCUT2D eigenvalue weighted by Crippen LogP contribution is -2.45. The van der Waals surface area contributed by atoms with E-state index in [0.717, 1.165) is 13.1 Å². The van der Waals surface area contributed by atoms with E-state index >= 15 is 0 Å². The van der Waals surface area contributed by atoms with Crippen molar-refractivity contribution in [1.82, 2.24) is 10.2 Å². The molecule has 0 aromatic heterocycles. The third-order valence-corrected chi connectivity index (χ3v) is 3.48. The summed E-state index contributed by atoms with van der Waals surface area (Å²) >= 11 is 5.81. The molecule has 1 saturated heterocycles. The summed E-state index contributed by atoms with van der Waals surface area (Å²) in [4.78, 5) is 1.95. The summed E-state index contributed by atoms with van der Waals surface area (Å²) in [6, 6.07) is 3.55. The van der Waals surface area contributed by atoms with Gasteiger partial charge in [0.15, 0.2) is 0 Å². The van der Waals surface area contributed by atoms with Crippen molar-refractivity contribution in [3.8, 4) is 0 Å². The van der Waals surface area contributed by atoms with Gasteiger partial charge in [0.25, 0.3) is 0 Å². The molecule has 2 rings (SSSR count). The highest BCUT2D eigenvalue weighted by Gasteiger charge is 2.26. The van der Waals surface area contributed by atoms with Crippen molar-refractivity contribution in [1.29, 1.82) is 0 Å². The quantitative estimate of drug-likeness (QED) is 0.917. The number of nitrogens with zero attached hydrogens (tertiary/aromatic N) is 1. The molecule has 106 valence electrons. The van der Waals surface area contributed by atoms with Crippen LogP contribution in [0.2, 0.25) is 5.02 Å². The van der Waals surface area contributed by atoms with Gasteiger partial charge >= 0.3 is 0 Å². The van der Waals surface area contributed by atoms with E-state index in [1.54, 1.807) is 6.07 Å². The fourth-order valence-corrected chi connectivity index (χ4v) is 2.66. The van der Waals surface area contributed by atoms with Crippen LogP contribution in [-0.4, -0.2) is 37.5 Å². The Hall–Kier alpha value is -0.780. The van der Waals surface area contributed by atoms with Gasteiger partial charge in [-0.05, 0) is 23.8 Å². The maximum absolute atomic E-state index is 13.4. The Morgan fingerprint density at radius 3 is 2.47 bits per heavy atom. The van der Waals surface area contributed by atoms with Crippen LogP contribution in [0.4, 0.5) is 13.2 Å². The van der Waals surface area contributed by atoms with Gasteiger partial charge in [-0.2, -0.15) is 0 Å². The summed E-state index contributed by atoms with van der Waals surface area (Å²) in [5.41, 5.74) is 0.521. The first-order chi connectivity index (χ1) is 9.06. The molecule has 19 heavy (non-hydrogen) atoms. The minimum atomic E-state index is -2.43. The second-order valence-electron chi connectivity index (χ2n) is 4.63. The number of nitrogens with one attached hydrogen (secondary N) is 1. The molecule has 6 heteroatoms.